The Hall–Kier alpha value is -5.93. The molecule has 10 rings (SSSR count). The Bertz CT molecular complexity index is 2710. The minimum Gasteiger partial charge on any atom is -0.309 e. The van der Waals surface area contributed by atoms with Gasteiger partial charge in [-0.3, -0.25) is 4.40 Å². The molecule has 3 aromatic heterocycles. The Morgan fingerprint density at radius 1 is 0.455 bits per heavy atom. The van der Waals surface area contributed by atoms with Crippen LogP contribution < -0.4 is 0 Å². The number of rotatable bonds is 3. The van der Waals surface area contributed by atoms with Crippen LogP contribution in [0.1, 0.15) is 0 Å². The van der Waals surface area contributed by atoms with Gasteiger partial charge in [-0.1, -0.05) is 115 Å². The average Bonchev–Trinajstić information content (AvgIpc) is 3.60. The largest absolute Gasteiger partial charge is 0.309 e. The van der Waals surface area contributed by atoms with Crippen molar-refractivity contribution in [1.29, 1.82) is 0 Å². The predicted octanol–water partition coefficient (Wildman–Crippen LogP) is 10.7. The molecule has 3 heteroatoms. The van der Waals surface area contributed by atoms with E-state index >= 15 is 0 Å². The van der Waals surface area contributed by atoms with Crippen molar-refractivity contribution in [2.75, 3.05) is 0 Å². The molecule has 0 atom stereocenters. The van der Waals surface area contributed by atoms with Crippen LogP contribution in [-0.4, -0.2) is 14.0 Å². The monoisotopic (exact) mass is 559 g/mol. The lowest BCUT2D eigenvalue weighted by molar-refractivity contribution is 1.18. The van der Waals surface area contributed by atoms with Crippen molar-refractivity contribution >= 4 is 59.9 Å². The molecule has 44 heavy (non-hydrogen) atoms. The van der Waals surface area contributed by atoms with Gasteiger partial charge >= 0.3 is 0 Å². The van der Waals surface area contributed by atoms with E-state index in [1.54, 1.807) is 0 Å². The van der Waals surface area contributed by atoms with Crippen LogP contribution in [0.2, 0.25) is 0 Å². The van der Waals surface area contributed by atoms with E-state index in [9.17, 15) is 0 Å². The second-order valence-electron chi connectivity index (χ2n) is 11.6. The highest BCUT2D eigenvalue weighted by molar-refractivity contribution is 6.30. The molecule has 0 spiro atoms. The van der Waals surface area contributed by atoms with Gasteiger partial charge in [0, 0.05) is 27.4 Å². The molecule has 0 aliphatic carbocycles. The van der Waals surface area contributed by atoms with Gasteiger partial charge in [-0.2, -0.15) is 0 Å². The third-order valence-corrected chi connectivity index (χ3v) is 9.25. The molecule has 0 unspecified atom stereocenters. The van der Waals surface area contributed by atoms with Crippen LogP contribution in [0.25, 0.3) is 88.1 Å². The number of nitrogens with zero attached hydrogens (tertiary/aromatic N) is 3. The highest BCUT2D eigenvalue weighted by atomic mass is 15.0. The van der Waals surface area contributed by atoms with Crippen LogP contribution in [0, 0.1) is 0 Å². The minimum absolute atomic E-state index is 0.969. The van der Waals surface area contributed by atoms with Gasteiger partial charge in [-0.15, -0.1) is 0 Å². The predicted molar refractivity (Wildman–Crippen MR) is 184 cm³/mol. The lowest BCUT2D eigenvalue weighted by atomic mass is 10.0. The summed E-state index contributed by atoms with van der Waals surface area (Å²) < 4.78 is 4.85. The standard InChI is InChI=1S/C41H25N3/c1-2-11-26(12-3-1)28-15-8-16-29(25-28)43-36-22-10-19-32-31-18-6-7-21-35(31)44-40-34(23-24-37(43)39(40)38(32)36)42-41(44)33-20-9-14-27-13-4-5-17-30(27)33/h1-25H. The van der Waals surface area contributed by atoms with Gasteiger partial charge in [0.1, 0.15) is 5.82 Å². The lowest BCUT2D eigenvalue weighted by Crippen LogP contribution is -1.95. The zero-order valence-corrected chi connectivity index (χ0v) is 23.8. The summed E-state index contributed by atoms with van der Waals surface area (Å²) in [5.41, 5.74) is 10.4. The average molecular weight is 560 g/mol. The normalized spacial score (nSPS) is 12.1. The molecular weight excluding hydrogens is 534 g/mol. The smallest absolute Gasteiger partial charge is 0.146 e. The molecule has 0 radical (unpaired) electrons. The number of hydrogen-bond donors (Lipinski definition) is 0. The number of benzene rings is 7. The number of hydrogen-bond acceptors (Lipinski definition) is 1. The molecule has 3 nitrogen and oxygen atoms in total. The first-order chi connectivity index (χ1) is 21.8. The zero-order valence-electron chi connectivity index (χ0n) is 23.8. The molecule has 0 aliphatic heterocycles. The Morgan fingerprint density at radius 3 is 2.07 bits per heavy atom. The van der Waals surface area contributed by atoms with E-state index < -0.39 is 0 Å². The van der Waals surface area contributed by atoms with Gasteiger partial charge in [0.25, 0.3) is 0 Å². The molecule has 0 saturated heterocycles. The highest BCUT2D eigenvalue weighted by Crippen LogP contribution is 2.44. The van der Waals surface area contributed by atoms with E-state index in [1.807, 2.05) is 0 Å². The summed E-state index contributed by atoms with van der Waals surface area (Å²) in [5.74, 6) is 0.969. The maximum atomic E-state index is 5.38. The maximum absolute atomic E-state index is 5.38. The molecular formula is C41H25N3. The summed E-state index contributed by atoms with van der Waals surface area (Å²) >= 11 is 0. The van der Waals surface area contributed by atoms with E-state index in [0.717, 1.165) is 33.6 Å². The lowest BCUT2D eigenvalue weighted by Gasteiger charge is -2.11. The van der Waals surface area contributed by atoms with E-state index in [-0.39, 0.29) is 0 Å². The first-order valence-corrected chi connectivity index (χ1v) is 15.1. The van der Waals surface area contributed by atoms with Crippen molar-refractivity contribution < 1.29 is 0 Å². The van der Waals surface area contributed by atoms with Crippen LogP contribution in [0.4, 0.5) is 0 Å². The number of aromatic nitrogens is 3. The van der Waals surface area contributed by atoms with Gasteiger partial charge in [0.15, 0.2) is 0 Å². The third kappa shape index (κ3) is 3.13. The summed E-state index contributed by atoms with van der Waals surface area (Å²) in [6.07, 6.45) is 0. The number of imidazole rings is 1. The Morgan fingerprint density at radius 2 is 1.14 bits per heavy atom. The summed E-state index contributed by atoms with van der Waals surface area (Å²) in [6, 6.07) is 54.7. The first-order valence-electron chi connectivity index (χ1n) is 15.1. The Balaban J connectivity index is 1.40. The molecule has 10 aromatic rings. The van der Waals surface area contributed by atoms with Crippen LogP contribution >= 0.6 is 0 Å². The molecule has 0 aliphatic rings. The molecule has 3 heterocycles. The van der Waals surface area contributed by atoms with E-state index in [1.165, 1.54) is 54.5 Å². The number of para-hydroxylation sites is 1. The first kappa shape index (κ1) is 23.6. The molecule has 0 N–H and O–H groups in total. The quantitative estimate of drug-likeness (QED) is 0.211. The van der Waals surface area contributed by atoms with Crippen LogP contribution in [0.5, 0.6) is 0 Å². The fourth-order valence-electron chi connectivity index (χ4n) is 7.40. The van der Waals surface area contributed by atoms with Crippen molar-refractivity contribution in [3.05, 3.63) is 152 Å². The van der Waals surface area contributed by atoms with E-state index in [0.29, 0.717) is 0 Å². The second kappa shape index (κ2) is 8.79. The molecule has 204 valence electrons. The molecule has 0 bridgehead atoms. The van der Waals surface area contributed by atoms with Crippen molar-refractivity contribution in [2.45, 2.75) is 0 Å². The van der Waals surface area contributed by atoms with Gasteiger partial charge in [0.2, 0.25) is 0 Å². The van der Waals surface area contributed by atoms with Crippen molar-refractivity contribution in [2.24, 2.45) is 0 Å². The van der Waals surface area contributed by atoms with Gasteiger partial charge in [-0.05, 0) is 63.7 Å². The van der Waals surface area contributed by atoms with Gasteiger partial charge in [-0.25, -0.2) is 4.98 Å². The van der Waals surface area contributed by atoms with Crippen LogP contribution in [0.3, 0.4) is 0 Å². The third-order valence-electron chi connectivity index (χ3n) is 9.25. The van der Waals surface area contributed by atoms with Gasteiger partial charge < -0.3 is 4.57 Å². The van der Waals surface area contributed by atoms with Crippen molar-refractivity contribution in [3.63, 3.8) is 0 Å². The Labute approximate surface area is 253 Å². The zero-order chi connectivity index (χ0) is 28.8. The molecule has 7 aromatic carbocycles. The second-order valence-corrected chi connectivity index (χ2v) is 11.6. The summed E-state index contributed by atoms with van der Waals surface area (Å²) in [4.78, 5) is 5.38. The van der Waals surface area contributed by atoms with Crippen LogP contribution in [0.15, 0.2) is 152 Å². The van der Waals surface area contributed by atoms with Crippen molar-refractivity contribution in [3.8, 4) is 28.2 Å². The summed E-state index contributed by atoms with van der Waals surface area (Å²) in [6.45, 7) is 0. The Kier molecular flexibility index (Phi) is 4.72. The fraction of sp³-hybridized carbons (Fsp3) is 0. The topological polar surface area (TPSA) is 22.2 Å². The maximum Gasteiger partial charge on any atom is 0.146 e. The summed E-state index contributed by atoms with van der Waals surface area (Å²) in [7, 11) is 0. The van der Waals surface area contributed by atoms with Gasteiger partial charge in [0.05, 0.1) is 27.6 Å². The fourth-order valence-corrected chi connectivity index (χ4v) is 7.40. The van der Waals surface area contributed by atoms with E-state index in [4.69, 9.17) is 4.98 Å². The number of fused-ring (bicyclic) bond motifs is 4. The van der Waals surface area contributed by atoms with Crippen LogP contribution in [-0.2, 0) is 0 Å². The minimum atomic E-state index is 0.969. The highest BCUT2D eigenvalue weighted by Gasteiger charge is 2.24. The van der Waals surface area contributed by atoms with E-state index in [2.05, 4.69) is 161 Å². The molecule has 0 amide bonds. The van der Waals surface area contributed by atoms with Crippen molar-refractivity contribution in [1.82, 2.24) is 14.0 Å². The summed E-state index contributed by atoms with van der Waals surface area (Å²) in [5, 5.41) is 7.40. The molecule has 0 fully saturated rings. The SMILES string of the molecule is c1ccc(-c2cccc(-n3c4cccc5c6ccccc6n6c(-c7cccc8ccccc78)nc7ccc3c(c54)c76)c2)cc1. The molecule has 0 saturated carbocycles.